The highest BCUT2D eigenvalue weighted by atomic mass is 16.5. The van der Waals surface area contributed by atoms with Gasteiger partial charge < -0.3 is 20.3 Å². The van der Waals surface area contributed by atoms with Crippen LogP contribution in [0.2, 0.25) is 0 Å². The van der Waals surface area contributed by atoms with Gasteiger partial charge in [0, 0.05) is 37.2 Å². The zero-order valence-electron chi connectivity index (χ0n) is 20.7. The largest absolute Gasteiger partial charge is 0.493 e. The van der Waals surface area contributed by atoms with E-state index in [1.165, 1.54) is 0 Å². The number of benzene rings is 1. The van der Waals surface area contributed by atoms with Gasteiger partial charge >= 0.3 is 0 Å². The quantitative estimate of drug-likeness (QED) is 0.710. The van der Waals surface area contributed by atoms with Gasteiger partial charge in [0.15, 0.2) is 0 Å². The summed E-state index contributed by atoms with van der Waals surface area (Å²) < 4.78 is 6.13. The number of piperidine rings is 1. The maximum Gasteiger partial charge on any atom is 0.234 e. The number of fused-ring (bicyclic) bond motifs is 1. The van der Waals surface area contributed by atoms with E-state index < -0.39 is 0 Å². The van der Waals surface area contributed by atoms with Crippen LogP contribution in [0.15, 0.2) is 18.2 Å². The fourth-order valence-electron chi connectivity index (χ4n) is 4.46. The van der Waals surface area contributed by atoms with Crippen LogP contribution in [-0.2, 0) is 22.6 Å². The number of nitrogens with one attached hydrogen (secondary N) is 2. The number of nitrogens with zero attached hydrogens (tertiary/aromatic N) is 2. The highest BCUT2D eigenvalue weighted by molar-refractivity contribution is 5.78. The summed E-state index contributed by atoms with van der Waals surface area (Å²) in [4.78, 5) is 29.4. The smallest absolute Gasteiger partial charge is 0.234 e. The van der Waals surface area contributed by atoms with Crippen molar-refractivity contribution in [2.75, 3.05) is 39.8 Å². The molecule has 0 atom stereocenters. The van der Waals surface area contributed by atoms with E-state index in [9.17, 15) is 9.59 Å². The number of hydrogen-bond acceptors (Lipinski definition) is 5. The Morgan fingerprint density at radius 1 is 1.18 bits per heavy atom. The van der Waals surface area contributed by atoms with Crippen molar-refractivity contribution in [3.8, 4) is 5.75 Å². The molecule has 0 saturated carbocycles. The summed E-state index contributed by atoms with van der Waals surface area (Å²) in [7, 11) is 2.13. The molecule has 7 nitrogen and oxygen atoms in total. The maximum atomic E-state index is 12.5. The number of hydrogen-bond donors (Lipinski definition) is 2. The summed E-state index contributed by atoms with van der Waals surface area (Å²) in [6, 6.07) is 6.81. The Kier molecular flexibility index (Phi) is 10.0. The summed E-state index contributed by atoms with van der Waals surface area (Å²) in [6.45, 7) is 8.74. The van der Waals surface area contributed by atoms with Crippen LogP contribution in [0.3, 0.4) is 0 Å². The number of amides is 2. The van der Waals surface area contributed by atoms with Crippen LogP contribution in [0.4, 0.5) is 0 Å². The molecule has 33 heavy (non-hydrogen) atoms. The third kappa shape index (κ3) is 8.63. The van der Waals surface area contributed by atoms with E-state index in [1.807, 2.05) is 6.07 Å². The molecule has 0 radical (unpaired) electrons. The first-order valence-corrected chi connectivity index (χ1v) is 12.6. The molecule has 2 heterocycles. The summed E-state index contributed by atoms with van der Waals surface area (Å²) in [6.07, 6.45) is 6.22. The van der Waals surface area contributed by atoms with Crippen molar-refractivity contribution in [3.05, 3.63) is 29.3 Å². The second kappa shape index (κ2) is 12.9. The lowest BCUT2D eigenvalue weighted by atomic mass is 10.0. The molecule has 1 aromatic rings. The van der Waals surface area contributed by atoms with Crippen LogP contribution < -0.4 is 15.4 Å². The molecule has 2 aliphatic rings. The Hall–Kier alpha value is -2.12. The fourth-order valence-corrected chi connectivity index (χ4v) is 4.46. The Balaban J connectivity index is 1.64. The maximum absolute atomic E-state index is 12.5. The minimum atomic E-state index is 0.0761. The van der Waals surface area contributed by atoms with E-state index in [-0.39, 0.29) is 17.9 Å². The zero-order chi connectivity index (χ0) is 23.6. The number of carbonyl (C=O) groups is 2. The number of carbonyl (C=O) groups excluding carboxylic acids is 2. The predicted octanol–water partition coefficient (Wildman–Crippen LogP) is 2.72. The van der Waals surface area contributed by atoms with Crippen molar-refractivity contribution in [3.63, 3.8) is 0 Å². The molecule has 0 aromatic heterocycles. The molecular formula is C26H42N4O3. The third-order valence-corrected chi connectivity index (χ3v) is 6.70. The van der Waals surface area contributed by atoms with Crippen LogP contribution in [0.25, 0.3) is 0 Å². The van der Waals surface area contributed by atoms with Crippen LogP contribution in [-0.4, -0.2) is 73.5 Å². The van der Waals surface area contributed by atoms with Crippen molar-refractivity contribution in [2.45, 2.75) is 77.4 Å². The molecule has 1 fully saturated rings. The van der Waals surface area contributed by atoms with Gasteiger partial charge in [-0.15, -0.1) is 0 Å². The van der Waals surface area contributed by atoms with E-state index in [0.717, 1.165) is 68.6 Å². The molecule has 0 unspecified atom stereocenters. The lowest BCUT2D eigenvalue weighted by molar-refractivity contribution is -0.123. The summed E-state index contributed by atoms with van der Waals surface area (Å²) in [5.41, 5.74) is 2.22. The van der Waals surface area contributed by atoms with Crippen LogP contribution in [0.5, 0.6) is 5.75 Å². The molecule has 7 heteroatoms. The van der Waals surface area contributed by atoms with E-state index in [0.29, 0.717) is 38.6 Å². The fraction of sp³-hybridized carbons (Fsp3) is 0.692. The molecule has 1 saturated heterocycles. The Labute approximate surface area is 199 Å². The van der Waals surface area contributed by atoms with Crippen molar-refractivity contribution < 1.29 is 14.3 Å². The molecule has 0 spiro atoms. The van der Waals surface area contributed by atoms with E-state index in [1.54, 1.807) is 0 Å². The Morgan fingerprint density at radius 2 is 1.97 bits per heavy atom. The molecule has 2 aliphatic heterocycles. The predicted molar refractivity (Wildman–Crippen MR) is 131 cm³/mol. The van der Waals surface area contributed by atoms with Crippen LogP contribution >= 0.6 is 0 Å². The zero-order valence-corrected chi connectivity index (χ0v) is 20.7. The van der Waals surface area contributed by atoms with Gasteiger partial charge in [-0.3, -0.25) is 14.5 Å². The lowest BCUT2D eigenvalue weighted by Crippen LogP contribution is -2.43. The molecule has 0 aliphatic carbocycles. The van der Waals surface area contributed by atoms with Crippen molar-refractivity contribution >= 4 is 11.8 Å². The third-order valence-electron chi connectivity index (χ3n) is 6.70. The molecule has 3 rings (SSSR count). The number of rotatable bonds is 5. The topological polar surface area (TPSA) is 73.9 Å². The van der Waals surface area contributed by atoms with Crippen LogP contribution in [0.1, 0.15) is 63.5 Å². The number of ether oxygens (including phenoxy) is 1. The Morgan fingerprint density at radius 3 is 2.73 bits per heavy atom. The lowest BCUT2D eigenvalue weighted by Gasteiger charge is -2.29. The van der Waals surface area contributed by atoms with Gasteiger partial charge in [-0.05, 0) is 84.1 Å². The van der Waals surface area contributed by atoms with Crippen LogP contribution in [0, 0.1) is 0 Å². The van der Waals surface area contributed by atoms with Gasteiger partial charge in [0.2, 0.25) is 11.8 Å². The monoisotopic (exact) mass is 458 g/mol. The molecular weight excluding hydrogens is 416 g/mol. The second-order valence-electron chi connectivity index (χ2n) is 9.84. The van der Waals surface area contributed by atoms with Gasteiger partial charge in [-0.2, -0.15) is 0 Å². The number of aryl methyl sites for hydroxylation is 1. The molecule has 1 aromatic carbocycles. The summed E-state index contributed by atoms with van der Waals surface area (Å²) in [5.74, 6) is 1.09. The van der Waals surface area contributed by atoms with Crippen molar-refractivity contribution in [1.29, 1.82) is 0 Å². The van der Waals surface area contributed by atoms with E-state index >= 15 is 0 Å². The Bertz CT molecular complexity index is 775. The minimum Gasteiger partial charge on any atom is -0.493 e. The standard InChI is InChI=1S/C26H42N4O3/c1-20(2)30-18-22-17-21(8-10-25(31)28-23-11-14-29(3)15-12-23)7-9-24(22)33-16-6-4-5-13-27-26(32)19-30/h7,9,17,20,23H,4-6,8,10-16,18-19H2,1-3H3,(H,27,32)(H,28,31). The molecule has 184 valence electrons. The summed E-state index contributed by atoms with van der Waals surface area (Å²) >= 11 is 0. The van der Waals surface area contributed by atoms with Crippen molar-refractivity contribution in [2.24, 2.45) is 0 Å². The van der Waals surface area contributed by atoms with Gasteiger partial charge in [-0.25, -0.2) is 0 Å². The van der Waals surface area contributed by atoms with E-state index in [2.05, 4.69) is 53.5 Å². The number of likely N-dealkylation sites (tertiary alicyclic amines) is 1. The first-order chi connectivity index (χ1) is 15.9. The van der Waals surface area contributed by atoms with E-state index in [4.69, 9.17) is 4.74 Å². The average molecular weight is 459 g/mol. The van der Waals surface area contributed by atoms with Crippen molar-refractivity contribution in [1.82, 2.24) is 20.4 Å². The van der Waals surface area contributed by atoms with Gasteiger partial charge in [0.25, 0.3) is 0 Å². The normalized spacial score (nSPS) is 20.1. The minimum absolute atomic E-state index is 0.0761. The SMILES string of the molecule is CC(C)N1CC(=O)NCCCCCOc2ccc(CCC(=O)NC3CCN(C)CC3)cc2C1. The molecule has 0 bridgehead atoms. The van der Waals surface area contributed by atoms with Gasteiger partial charge in [0.1, 0.15) is 5.75 Å². The average Bonchev–Trinajstić information content (AvgIpc) is 2.80. The first kappa shape index (κ1) is 25.5. The highest BCUT2D eigenvalue weighted by Crippen LogP contribution is 2.24. The van der Waals surface area contributed by atoms with Gasteiger partial charge in [-0.1, -0.05) is 12.1 Å². The first-order valence-electron chi connectivity index (χ1n) is 12.6. The molecule has 2 N–H and O–H groups in total. The van der Waals surface area contributed by atoms with Gasteiger partial charge in [0.05, 0.1) is 13.2 Å². The molecule has 2 amide bonds. The summed E-state index contributed by atoms with van der Waals surface area (Å²) in [5, 5.41) is 6.25. The second-order valence-corrected chi connectivity index (χ2v) is 9.84. The highest BCUT2D eigenvalue weighted by Gasteiger charge is 2.20.